The van der Waals surface area contributed by atoms with Gasteiger partial charge in [-0.05, 0) is 49.2 Å². The number of aryl methyl sites for hydroxylation is 1. The lowest BCUT2D eigenvalue weighted by Crippen LogP contribution is -2.23. The zero-order chi connectivity index (χ0) is 20.8. The van der Waals surface area contributed by atoms with E-state index in [2.05, 4.69) is 39.5 Å². The second kappa shape index (κ2) is 9.67. The van der Waals surface area contributed by atoms with Gasteiger partial charge in [0.05, 0.1) is 11.8 Å². The van der Waals surface area contributed by atoms with Crippen molar-refractivity contribution in [3.05, 3.63) is 77.6 Å². The van der Waals surface area contributed by atoms with Crippen LogP contribution >= 0.6 is 0 Å². The summed E-state index contributed by atoms with van der Waals surface area (Å²) in [4.78, 5) is 18.8. The molecule has 0 unspecified atom stereocenters. The first kappa shape index (κ1) is 20.3. The summed E-state index contributed by atoms with van der Waals surface area (Å²) in [5, 5.41) is 2.93. The molecule has 1 saturated heterocycles. The Morgan fingerprint density at radius 1 is 1.07 bits per heavy atom. The SMILES string of the molecule is O=C(CCc1ncc(-c2ccccc2F)o1)NCc1ccc(CN2CCCC2)cc1. The van der Waals surface area contributed by atoms with E-state index in [0.29, 0.717) is 30.2 Å². The molecule has 0 bridgehead atoms. The number of benzene rings is 2. The number of nitrogens with one attached hydrogen (secondary N) is 1. The minimum absolute atomic E-state index is 0.0678. The number of likely N-dealkylation sites (tertiary alicyclic amines) is 1. The lowest BCUT2D eigenvalue weighted by molar-refractivity contribution is -0.121. The minimum Gasteiger partial charge on any atom is -0.441 e. The fraction of sp³-hybridized carbons (Fsp3) is 0.333. The summed E-state index contributed by atoms with van der Waals surface area (Å²) in [5.74, 6) is 0.373. The van der Waals surface area contributed by atoms with Gasteiger partial charge in [-0.2, -0.15) is 0 Å². The standard InChI is InChI=1S/C24H26FN3O2/c25-21-6-2-1-5-20(21)22-16-27-24(30-22)12-11-23(29)26-15-18-7-9-19(10-8-18)17-28-13-3-4-14-28/h1-2,5-10,16H,3-4,11-15,17H2,(H,26,29). The highest BCUT2D eigenvalue weighted by Crippen LogP contribution is 2.23. The monoisotopic (exact) mass is 407 g/mol. The van der Waals surface area contributed by atoms with Crippen LogP contribution in [0.5, 0.6) is 0 Å². The van der Waals surface area contributed by atoms with Crippen molar-refractivity contribution in [1.82, 2.24) is 15.2 Å². The average molecular weight is 407 g/mol. The molecule has 3 aromatic rings. The van der Waals surface area contributed by atoms with Gasteiger partial charge in [0, 0.05) is 25.9 Å². The second-order valence-electron chi connectivity index (χ2n) is 7.67. The molecule has 1 aliphatic heterocycles. The van der Waals surface area contributed by atoms with Crippen LogP contribution in [0.3, 0.4) is 0 Å². The molecule has 1 aromatic heterocycles. The van der Waals surface area contributed by atoms with Crippen LogP contribution in [0, 0.1) is 5.82 Å². The van der Waals surface area contributed by atoms with Gasteiger partial charge in [0.2, 0.25) is 5.91 Å². The number of hydrogen-bond donors (Lipinski definition) is 1. The molecule has 6 heteroatoms. The first-order chi connectivity index (χ1) is 14.7. The predicted octanol–water partition coefficient (Wildman–Crippen LogP) is 4.33. The molecule has 30 heavy (non-hydrogen) atoms. The van der Waals surface area contributed by atoms with Gasteiger partial charge in [0.25, 0.3) is 0 Å². The summed E-state index contributed by atoms with van der Waals surface area (Å²) < 4.78 is 19.4. The Hall–Kier alpha value is -2.99. The van der Waals surface area contributed by atoms with Gasteiger partial charge in [-0.1, -0.05) is 36.4 Å². The molecule has 4 rings (SSSR count). The number of nitrogens with zero attached hydrogens (tertiary/aromatic N) is 2. The number of hydrogen-bond acceptors (Lipinski definition) is 4. The topological polar surface area (TPSA) is 58.4 Å². The van der Waals surface area contributed by atoms with Crippen molar-refractivity contribution in [2.24, 2.45) is 0 Å². The fourth-order valence-electron chi connectivity index (χ4n) is 3.68. The summed E-state index contributed by atoms with van der Waals surface area (Å²) in [6.45, 7) is 3.86. The Kier molecular flexibility index (Phi) is 6.54. The number of carbonyl (C=O) groups is 1. The number of carbonyl (C=O) groups excluding carboxylic acids is 1. The lowest BCUT2D eigenvalue weighted by atomic mass is 10.1. The molecular formula is C24H26FN3O2. The molecule has 0 atom stereocenters. The van der Waals surface area contributed by atoms with Gasteiger partial charge in [0.15, 0.2) is 11.7 Å². The molecule has 0 spiro atoms. The highest BCUT2D eigenvalue weighted by Gasteiger charge is 2.13. The van der Waals surface area contributed by atoms with Gasteiger partial charge in [-0.25, -0.2) is 9.37 Å². The van der Waals surface area contributed by atoms with Crippen LogP contribution in [0.1, 0.15) is 36.3 Å². The van der Waals surface area contributed by atoms with Crippen LogP contribution < -0.4 is 5.32 Å². The Morgan fingerprint density at radius 2 is 1.80 bits per heavy atom. The van der Waals surface area contributed by atoms with E-state index in [0.717, 1.165) is 12.1 Å². The predicted molar refractivity (Wildman–Crippen MR) is 113 cm³/mol. The number of rotatable bonds is 8. The zero-order valence-electron chi connectivity index (χ0n) is 16.9. The Balaban J connectivity index is 1.22. The van der Waals surface area contributed by atoms with E-state index in [1.807, 2.05) is 0 Å². The van der Waals surface area contributed by atoms with Crippen LogP contribution in [0.15, 0.2) is 59.1 Å². The van der Waals surface area contributed by atoms with Crippen molar-refractivity contribution < 1.29 is 13.6 Å². The molecule has 1 aliphatic rings. The molecule has 5 nitrogen and oxygen atoms in total. The average Bonchev–Trinajstić information content (AvgIpc) is 3.44. The van der Waals surface area contributed by atoms with Gasteiger partial charge < -0.3 is 9.73 Å². The third kappa shape index (κ3) is 5.33. The summed E-state index contributed by atoms with van der Waals surface area (Å²) in [7, 11) is 0. The van der Waals surface area contributed by atoms with Gasteiger partial charge in [-0.3, -0.25) is 9.69 Å². The van der Waals surface area contributed by atoms with E-state index in [9.17, 15) is 9.18 Å². The lowest BCUT2D eigenvalue weighted by Gasteiger charge is -2.14. The van der Waals surface area contributed by atoms with Crippen molar-refractivity contribution in [2.45, 2.75) is 38.8 Å². The number of halogens is 1. The van der Waals surface area contributed by atoms with Crippen LogP contribution in [0.2, 0.25) is 0 Å². The minimum atomic E-state index is -0.357. The number of oxazole rings is 1. The van der Waals surface area contributed by atoms with E-state index >= 15 is 0 Å². The van der Waals surface area contributed by atoms with Crippen LogP contribution in [0.4, 0.5) is 4.39 Å². The van der Waals surface area contributed by atoms with E-state index in [-0.39, 0.29) is 18.1 Å². The van der Waals surface area contributed by atoms with Crippen molar-refractivity contribution >= 4 is 5.91 Å². The van der Waals surface area contributed by atoms with E-state index in [1.165, 1.54) is 43.8 Å². The highest BCUT2D eigenvalue weighted by atomic mass is 19.1. The molecule has 156 valence electrons. The third-order valence-electron chi connectivity index (χ3n) is 5.38. The summed E-state index contributed by atoms with van der Waals surface area (Å²) >= 11 is 0. The summed E-state index contributed by atoms with van der Waals surface area (Å²) in [6, 6.07) is 14.8. The largest absolute Gasteiger partial charge is 0.441 e. The molecule has 2 heterocycles. The molecule has 1 N–H and O–H groups in total. The quantitative estimate of drug-likeness (QED) is 0.604. The zero-order valence-corrected chi connectivity index (χ0v) is 16.9. The molecular weight excluding hydrogens is 381 g/mol. The fourth-order valence-corrected chi connectivity index (χ4v) is 3.68. The van der Waals surface area contributed by atoms with Gasteiger partial charge in [0.1, 0.15) is 5.82 Å². The second-order valence-corrected chi connectivity index (χ2v) is 7.67. The number of amides is 1. The smallest absolute Gasteiger partial charge is 0.220 e. The molecule has 0 saturated carbocycles. The van der Waals surface area contributed by atoms with Crippen molar-refractivity contribution in [3.63, 3.8) is 0 Å². The Morgan fingerprint density at radius 3 is 2.57 bits per heavy atom. The van der Waals surface area contributed by atoms with Crippen molar-refractivity contribution in [2.75, 3.05) is 13.1 Å². The first-order valence-corrected chi connectivity index (χ1v) is 10.4. The summed E-state index contributed by atoms with van der Waals surface area (Å²) in [5.41, 5.74) is 2.75. The van der Waals surface area contributed by atoms with Crippen LogP contribution in [0.25, 0.3) is 11.3 Å². The molecule has 0 radical (unpaired) electrons. The van der Waals surface area contributed by atoms with E-state index in [4.69, 9.17) is 4.42 Å². The van der Waals surface area contributed by atoms with Gasteiger partial charge in [-0.15, -0.1) is 0 Å². The molecule has 0 aliphatic carbocycles. The first-order valence-electron chi connectivity index (χ1n) is 10.4. The van der Waals surface area contributed by atoms with Crippen LogP contribution in [-0.4, -0.2) is 28.9 Å². The van der Waals surface area contributed by atoms with Crippen molar-refractivity contribution in [3.8, 4) is 11.3 Å². The molecule has 2 aromatic carbocycles. The normalized spacial score (nSPS) is 14.2. The number of aromatic nitrogens is 1. The maximum absolute atomic E-state index is 13.8. The highest BCUT2D eigenvalue weighted by molar-refractivity contribution is 5.76. The van der Waals surface area contributed by atoms with Crippen molar-refractivity contribution in [1.29, 1.82) is 0 Å². The Bertz CT molecular complexity index is 978. The maximum atomic E-state index is 13.8. The van der Waals surface area contributed by atoms with E-state index < -0.39 is 0 Å². The van der Waals surface area contributed by atoms with Gasteiger partial charge >= 0.3 is 0 Å². The summed E-state index contributed by atoms with van der Waals surface area (Å²) in [6.07, 6.45) is 4.72. The van der Waals surface area contributed by atoms with Crippen LogP contribution in [-0.2, 0) is 24.3 Å². The third-order valence-corrected chi connectivity index (χ3v) is 5.38. The molecule has 1 amide bonds. The maximum Gasteiger partial charge on any atom is 0.220 e. The molecule has 1 fully saturated rings. The Labute approximate surface area is 175 Å². The van der Waals surface area contributed by atoms with E-state index in [1.54, 1.807) is 18.2 Å².